The first-order chi connectivity index (χ1) is 8.78. The van der Waals surface area contributed by atoms with E-state index in [-0.39, 0.29) is 17.2 Å². The van der Waals surface area contributed by atoms with Gasteiger partial charge in [-0.15, -0.1) is 0 Å². The Morgan fingerprint density at radius 1 is 1.26 bits per heavy atom. The van der Waals surface area contributed by atoms with Gasteiger partial charge in [0.1, 0.15) is 5.60 Å². The predicted octanol–water partition coefficient (Wildman–Crippen LogP) is 3.39. The van der Waals surface area contributed by atoms with Gasteiger partial charge in [0, 0.05) is 0 Å². The molecule has 0 unspecified atom stereocenters. The van der Waals surface area contributed by atoms with Crippen LogP contribution in [-0.2, 0) is 9.47 Å². The number of hydrogen-bond acceptors (Lipinski definition) is 3. The van der Waals surface area contributed by atoms with Crippen molar-refractivity contribution in [3.8, 4) is 0 Å². The third kappa shape index (κ3) is 3.41. The Bertz CT molecular complexity index is 321. The summed E-state index contributed by atoms with van der Waals surface area (Å²) in [6.07, 6.45) is 6.09. The van der Waals surface area contributed by atoms with E-state index in [1.807, 2.05) is 20.8 Å². The molecule has 2 aliphatic heterocycles. The average molecular weight is 269 g/mol. The normalized spacial score (nSPS) is 34.1. The first-order valence-corrected chi connectivity index (χ1v) is 7.43. The molecular formula is C15H27NO3. The van der Waals surface area contributed by atoms with Crippen LogP contribution in [-0.4, -0.2) is 29.4 Å². The molecule has 0 spiro atoms. The molecule has 4 heteroatoms. The summed E-state index contributed by atoms with van der Waals surface area (Å²) in [6.45, 7) is 8.48. The molecule has 0 aromatic carbocycles. The van der Waals surface area contributed by atoms with Crippen LogP contribution in [0.1, 0.15) is 66.2 Å². The summed E-state index contributed by atoms with van der Waals surface area (Å²) in [6, 6.07) is 0. The maximum absolute atomic E-state index is 11.9. The van der Waals surface area contributed by atoms with Crippen LogP contribution in [0.3, 0.4) is 0 Å². The first kappa shape index (κ1) is 14.6. The zero-order chi connectivity index (χ0) is 14.1. The van der Waals surface area contributed by atoms with Crippen LogP contribution in [0.4, 0.5) is 4.79 Å². The van der Waals surface area contributed by atoms with Crippen LogP contribution in [0.5, 0.6) is 0 Å². The van der Waals surface area contributed by atoms with E-state index in [0.29, 0.717) is 6.61 Å². The Morgan fingerprint density at radius 2 is 1.89 bits per heavy atom. The Morgan fingerprint density at radius 3 is 2.32 bits per heavy atom. The quantitative estimate of drug-likeness (QED) is 0.854. The highest BCUT2D eigenvalue weighted by Gasteiger charge is 2.50. The Balaban J connectivity index is 1.92. The number of alkyl carbamates (subject to hydrolysis) is 1. The number of fused-ring (bicyclic) bond motifs is 3. The van der Waals surface area contributed by atoms with Gasteiger partial charge in [0.15, 0.2) is 0 Å². The van der Waals surface area contributed by atoms with Crippen molar-refractivity contribution in [2.45, 2.75) is 83.0 Å². The molecule has 3 fully saturated rings. The zero-order valence-corrected chi connectivity index (χ0v) is 12.7. The molecule has 2 saturated heterocycles. The summed E-state index contributed by atoms with van der Waals surface area (Å²) in [5.74, 6) is 0. The summed E-state index contributed by atoms with van der Waals surface area (Å²) < 4.78 is 11.4. The number of nitrogens with one attached hydrogen (secondary N) is 1. The van der Waals surface area contributed by atoms with Crippen LogP contribution >= 0.6 is 0 Å². The molecule has 3 rings (SSSR count). The van der Waals surface area contributed by atoms with E-state index >= 15 is 0 Å². The standard InChI is InChI=1S/C15H27NO3/c1-5-6-15-9-7-14(8-10-15,11-18-15)16-12(17)19-13(2,3)4/h5-11H2,1-4H3,(H,16,17). The molecule has 3 aliphatic rings. The van der Waals surface area contributed by atoms with Crippen molar-refractivity contribution in [2.75, 3.05) is 6.61 Å². The lowest BCUT2D eigenvalue weighted by molar-refractivity contribution is -0.164. The zero-order valence-electron chi connectivity index (χ0n) is 12.7. The van der Waals surface area contributed by atoms with Gasteiger partial charge >= 0.3 is 6.09 Å². The maximum atomic E-state index is 11.9. The van der Waals surface area contributed by atoms with E-state index in [1.54, 1.807) is 0 Å². The Hall–Kier alpha value is -0.770. The molecule has 19 heavy (non-hydrogen) atoms. The molecule has 1 saturated carbocycles. The van der Waals surface area contributed by atoms with Crippen LogP contribution in [0.25, 0.3) is 0 Å². The van der Waals surface area contributed by atoms with Crippen molar-refractivity contribution in [3.63, 3.8) is 0 Å². The SMILES string of the molecule is CCCC12CCC(NC(=O)OC(C)(C)C)(CC1)CO2. The molecule has 0 aromatic rings. The second-order valence-electron chi connectivity index (χ2n) is 7.13. The van der Waals surface area contributed by atoms with E-state index in [4.69, 9.17) is 9.47 Å². The van der Waals surface area contributed by atoms with E-state index in [1.165, 1.54) is 0 Å². The van der Waals surface area contributed by atoms with E-state index in [0.717, 1.165) is 38.5 Å². The fourth-order valence-electron chi connectivity index (χ4n) is 3.22. The van der Waals surface area contributed by atoms with Crippen LogP contribution in [0.15, 0.2) is 0 Å². The molecule has 0 radical (unpaired) electrons. The third-order valence-corrected chi connectivity index (χ3v) is 4.24. The highest BCUT2D eigenvalue weighted by atomic mass is 16.6. The van der Waals surface area contributed by atoms with Gasteiger partial charge in [-0.1, -0.05) is 13.3 Å². The number of ether oxygens (including phenoxy) is 2. The minimum absolute atomic E-state index is 0.0894. The number of carbonyl (C=O) groups is 1. The van der Waals surface area contributed by atoms with Gasteiger partial charge in [0.2, 0.25) is 0 Å². The number of carbonyl (C=O) groups excluding carboxylic acids is 1. The van der Waals surface area contributed by atoms with Crippen molar-refractivity contribution in [2.24, 2.45) is 0 Å². The topological polar surface area (TPSA) is 47.6 Å². The van der Waals surface area contributed by atoms with E-state index in [2.05, 4.69) is 12.2 Å². The monoisotopic (exact) mass is 269 g/mol. The summed E-state index contributed by atoms with van der Waals surface area (Å²) >= 11 is 0. The van der Waals surface area contributed by atoms with Crippen LogP contribution in [0, 0.1) is 0 Å². The molecule has 2 bridgehead atoms. The lowest BCUT2D eigenvalue weighted by Gasteiger charge is -2.53. The molecule has 1 amide bonds. The fourth-order valence-corrected chi connectivity index (χ4v) is 3.22. The summed E-state index contributed by atoms with van der Waals surface area (Å²) in [5.41, 5.74) is -0.555. The molecule has 0 atom stereocenters. The summed E-state index contributed by atoms with van der Waals surface area (Å²) in [5, 5.41) is 3.05. The van der Waals surface area contributed by atoms with Crippen molar-refractivity contribution in [1.29, 1.82) is 0 Å². The smallest absolute Gasteiger partial charge is 0.408 e. The second kappa shape index (κ2) is 4.97. The van der Waals surface area contributed by atoms with Gasteiger partial charge in [-0.2, -0.15) is 0 Å². The van der Waals surface area contributed by atoms with Gasteiger partial charge in [0.05, 0.1) is 17.7 Å². The lowest BCUT2D eigenvalue weighted by atomic mass is 9.69. The van der Waals surface area contributed by atoms with E-state index in [9.17, 15) is 4.79 Å². The third-order valence-electron chi connectivity index (χ3n) is 4.24. The molecule has 1 aliphatic carbocycles. The van der Waals surface area contributed by atoms with Crippen molar-refractivity contribution in [3.05, 3.63) is 0 Å². The lowest BCUT2D eigenvalue weighted by Crippen LogP contribution is -2.63. The summed E-state index contributed by atoms with van der Waals surface area (Å²) in [7, 11) is 0. The first-order valence-electron chi connectivity index (χ1n) is 7.43. The van der Waals surface area contributed by atoms with Gasteiger partial charge in [-0.05, 0) is 52.9 Å². The molecule has 110 valence electrons. The minimum Gasteiger partial charge on any atom is -0.444 e. The van der Waals surface area contributed by atoms with Crippen molar-refractivity contribution in [1.82, 2.24) is 5.32 Å². The van der Waals surface area contributed by atoms with Gasteiger partial charge < -0.3 is 14.8 Å². The molecule has 4 nitrogen and oxygen atoms in total. The van der Waals surface area contributed by atoms with Gasteiger partial charge in [-0.25, -0.2) is 4.79 Å². The van der Waals surface area contributed by atoms with Crippen LogP contribution in [0.2, 0.25) is 0 Å². The molecular weight excluding hydrogens is 242 g/mol. The number of rotatable bonds is 3. The maximum Gasteiger partial charge on any atom is 0.408 e. The average Bonchev–Trinajstić information content (AvgIpc) is 2.29. The molecule has 2 heterocycles. The fraction of sp³-hybridized carbons (Fsp3) is 0.933. The van der Waals surface area contributed by atoms with Crippen LogP contribution < -0.4 is 5.32 Å². The predicted molar refractivity (Wildman–Crippen MR) is 74.2 cm³/mol. The summed E-state index contributed by atoms with van der Waals surface area (Å²) in [4.78, 5) is 11.9. The highest BCUT2D eigenvalue weighted by Crippen LogP contribution is 2.45. The number of hydrogen-bond donors (Lipinski definition) is 1. The molecule has 0 aromatic heterocycles. The molecule has 1 N–H and O–H groups in total. The van der Waals surface area contributed by atoms with Gasteiger partial charge in [-0.3, -0.25) is 0 Å². The highest BCUT2D eigenvalue weighted by molar-refractivity contribution is 5.69. The second-order valence-corrected chi connectivity index (χ2v) is 7.13. The Kier molecular flexibility index (Phi) is 3.83. The minimum atomic E-state index is -0.448. The Labute approximate surface area is 116 Å². The van der Waals surface area contributed by atoms with Gasteiger partial charge in [0.25, 0.3) is 0 Å². The van der Waals surface area contributed by atoms with E-state index < -0.39 is 5.60 Å². The van der Waals surface area contributed by atoms with Crippen molar-refractivity contribution >= 4 is 6.09 Å². The number of amides is 1. The largest absolute Gasteiger partial charge is 0.444 e. The van der Waals surface area contributed by atoms with Crippen molar-refractivity contribution < 1.29 is 14.3 Å².